The zero-order chi connectivity index (χ0) is 9.52. The van der Waals surface area contributed by atoms with Crippen LogP contribution in [0.2, 0.25) is 0 Å². The molecule has 1 N–H and O–H groups in total. The molecule has 13 heavy (non-hydrogen) atoms. The van der Waals surface area contributed by atoms with Gasteiger partial charge in [-0.25, -0.2) is 0 Å². The molecule has 0 aliphatic carbocycles. The molecule has 0 radical (unpaired) electrons. The van der Waals surface area contributed by atoms with Gasteiger partial charge in [-0.15, -0.1) is 0 Å². The summed E-state index contributed by atoms with van der Waals surface area (Å²) in [6.45, 7) is 4.05. The Labute approximate surface area is 79.5 Å². The molecule has 0 bridgehead atoms. The quantitative estimate of drug-likeness (QED) is 0.695. The molecule has 0 saturated carbocycles. The van der Waals surface area contributed by atoms with Crippen LogP contribution in [0.3, 0.4) is 0 Å². The SMILES string of the molecule is CCn1cc(C=CCCNC)cn1. The van der Waals surface area contributed by atoms with E-state index in [2.05, 4.69) is 35.7 Å². The normalized spacial score (nSPS) is 11.2. The molecule has 0 aliphatic heterocycles. The Balaban J connectivity index is 2.39. The Hall–Kier alpha value is -1.09. The van der Waals surface area contributed by atoms with Crippen LogP contribution in [0.1, 0.15) is 18.9 Å². The van der Waals surface area contributed by atoms with Gasteiger partial charge in [-0.1, -0.05) is 12.2 Å². The fraction of sp³-hybridized carbons (Fsp3) is 0.500. The number of aryl methyl sites for hydroxylation is 1. The van der Waals surface area contributed by atoms with Crippen LogP contribution in [-0.4, -0.2) is 23.4 Å². The van der Waals surface area contributed by atoms with Crippen molar-refractivity contribution in [2.24, 2.45) is 0 Å². The van der Waals surface area contributed by atoms with E-state index in [1.165, 1.54) is 5.56 Å². The molecule has 0 fully saturated rings. The minimum Gasteiger partial charge on any atom is -0.319 e. The highest BCUT2D eigenvalue weighted by molar-refractivity contribution is 5.46. The van der Waals surface area contributed by atoms with Gasteiger partial charge in [0.05, 0.1) is 6.20 Å². The van der Waals surface area contributed by atoms with Gasteiger partial charge in [0.2, 0.25) is 0 Å². The van der Waals surface area contributed by atoms with Crippen LogP contribution in [0.4, 0.5) is 0 Å². The Morgan fingerprint density at radius 2 is 2.46 bits per heavy atom. The second kappa shape index (κ2) is 5.54. The van der Waals surface area contributed by atoms with Crippen molar-refractivity contribution in [1.82, 2.24) is 15.1 Å². The third-order valence-electron chi connectivity index (χ3n) is 1.85. The Morgan fingerprint density at radius 1 is 1.62 bits per heavy atom. The van der Waals surface area contributed by atoms with Gasteiger partial charge in [-0.3, -0.25) is 4.68 Å². The molecule has 0 spiro atoms. The van der Waals surface area contributed by atoms with Gasteiger partial charge >= 0.3 is 0 Å². The number of hydrogen-bond acceptors (Lipinski definition) is 2. The minimum absolute atomic E-state index is 0.935. The minimum atomic E-state index is 0.935. The standard InChI is InChI=1S/C10H17N3/c1-3-13-9-10(8-12-13)6-4-5-7-11-2/h4,6,8-9,11H,3,5,7H2,1-2H3. The van der Waals surface area contributed by atoms with E-state index in [9.17, 15) is 0 Å². The van der Waals surface area contributed by atoms with Crippen molar-refractivity contribution >= 4 is 6.08 Å². The molecule has 1 rings (SSSR count). The highest BCUT2D eigenvalue weighted by Crippen LogP contribution is 2.00. The van der Waals surface area contributed by atoms with Gasteiger partial charge in [0.15, 0.2) is 0 Å². The van der Waals surface area contributed by atoms with Crippen molar-refractivity contribution in [2.75, 3.05) is 13.6 Å². The molecule has 0 aliphatic rings. The van der Waals surface area contributed by atoms with Crippen LogP contribution in [0.25, 0.3) is 6.08 Å². The van der Waals surface area contributed by atoms with Crippen molar-refractivity contribution in [3.8, 4) is 0 Å². The van der Waals surface area contributed by atoms with E-state index in [1.807, 2.05) is 17.9 Å². The van der Waals surface area contributed by atoms with Gasteiger partial charge in [0.25, 0.3) is 0 Å². The molecule has 3 heteroatoms. The Morgan fingerprint density at radius 3 is 3.08 bits per heavy atom. The predicted octanol–water partition coefficient (Wildman–Crippen LogP) is 1.53. The number of rotatable bonds is 5. The maximum atomic E-state index is 4.18. The first kappa shape index (κ1) is 9.99. The average molecular weight is 179 g/mol. The van der Waals surface area contributed by atoms with Gasteiger partial charge < -0.3 is 5.32 Å². The molecule has 0 unspecified atom stereocenters. The molecular formula is C10H17N3. The lowest BCUT2D eigenvalue weighted by atomic mass is 10.3. The topological polar surface area (TPSA) is 29.9 Å². The summed E-state index contributed by atoms with van der Waals surface area (Å²) in [7, 11) is 1.96. The van der Waals surface area contributed by atoms with E-state index < -0.39 is 0 Å². The lowest BCUT2D eigenvalue weighted by Gasteiger charge is -1.91. The van der Waals surface area contributed by atoms with Crippen LogP contribution >= 0.6 is 0 Å². The predicted molar refractivity (Wildman–Crippen MR) is 55.5 cm³/mol. The van der Waals surface area contributed by atoms with Crippen molar-refractivity contribution < 1.29 is 0 Å². The molecule has 1 heterocycles. The zero-order valence-electron chi connectivity index (χ0n) is 8.33. The molecule has 1 aromatic heterocycles. The molecule has 0 atom stereocenters. The third-order valence-corrected chi connectivity index (χ3v) is 1.85. The summed E-state index contributed by atoms with van der Waals surface area (Å²) in [5.74, 6) is 0. The largest absolute Gasteiger partial charge is 0.319 e. The summed E-state index contributed by atoms with van der Waals surface area (Å²) in [5.41, 5.74) is 1.18. The highest BCUT2D eigenvalue weighted by Gasteiger charge is 1.90. The lowest BCUT2D eigenvalue weighted by Crippen LogP contribution is -2.05. The fourth-order valence-electron chi connectivity index (χ4n) is 1.09. The first-order valence-corrected chi connectivity index (χ1v) is 4.70. The number of nitrogens with zero attached hydrogens (tertiary/aromatic N) is 2. The summed E-state index contributed by atoms with van der Waals surface area (Å²) in [5, 5.41) is 7.28. The smallest absolute Gasteiger partial charge is 0.0562 e. The Bertz CT molecular complexity index is 263. The maximum absolute atomic E-state index is 4.18. The highest BCUT2D eigenvalue weighted by atomic mass is 15.3. The van der Waals surface area contributed by atoms with Gasteiger partial charge in [0.1, 0.15) is 0 Å². The summed E-state index contributed by atoms with van der Waals surface area (Å²) in [6.07, 6.45) is 9.27. The monoisotopic (exact) mass is 179 g/mol. The summed E-state index contributed by atoms with van der Waals surface area (Å²) >= 11 is 0. The van der Waals surface area contributed by atoms with Crippen LogP contribution in [-0.2, 0) is 6.54 Å². The fourth-order valence-corrected chi connectivity index (χ4v) is 1.09. The molecular weight excluding hydrogens is 162 g/mol. The molecule has 1 aromatic rings. The summed E-state index contributed by atoms with van der Waals surface area (Å²) in [4.78, 5) is 0. The van der Waals surface area contributed by atoms with Crippen LogP contribution in [0, 0.1) is 0 Å². The van der Waals surface area contributed by atoms with E-state index >= 15 is 0 Å². The molecule has 0 saturated heterocycles. The number of nitrogens with one attached hydrogen (secondary N) is 1. The first-order valence-electron chi connectivity index (χ1n) is 4.70. The van der Waals surface area contributed by atoms with Crippen molar-refractivity contribution in [3.63, 3.8) is 0 Å². The maximum Gasteiger partial charge on any atom is 0.0562 e. The van der Waals surface area contributed by atoms with Gasteiger partial charge in [-0.05, 0) is 26.9 Å². The van der Waals surface area contributed by atoms with E-state index in [0.29, 0.717) is 0 Å². The molecule has 0 aromatic carbocycles. The number of aromatic nitrogens is 2. The van der Waals surface area contributed by atoms with Crippen molar-refractivity contribution in [1.29, 1.82) is 0 Å². The Kier molecular flexibility index (Phi) is 4.26. The van der Waals surface area contributed by atoms with E-state index in [-0.39, 0.29) is 0 Å². The summed E-state index contributed by atoms with van der Waals surface area (Å²) < 4.78 is 1.93. The van der Waals surface area contributed by atoms with E-state index in [0.717, 1.165) is 19.5 Å². The van der Waals surface area contributed by atoms with Crippen LogP contribution in [0.15, 0.2) is 18.5 Å². The molecule has 3 nitrogen and oxygen atoms in total. The van der Waals surface area contributed by atoms with E-state index in [4.69, 9.17) is 0 Å². The molecule has 72 valence electrons. The average Bonchev–Trinajstić information content (AvgIpc) is 2.60. The zero-order valence-corrected chi connectivity index (χ0v) is 8.33. The van der Waals surface area contributed by atoms with E-state index in [1.54, 1.807) is 0 Å². The second-order valence-corrected chi connectivity index (χ2v) is 2.92. The van der Waals surface area contributed by atoms with Crippen LogP contribution < -0.4 is 5.32 Å². The van der Waals surface area contributed by atoms with Crippen molar-refractivity contribution in [2.45, 2.75) is 19.9 Å². The van der Waals surface area contributed by atoms with Crippen LogP contribution in [0.5, 0.6) is 0 Å². The second-order valence-electron chi connectivity index (χ2n) is 2.92. The van der Waals surface area contributed by atoms with Crippen molar-refractivity contribution in [3.05, 3.63) is 24.0 Å². The van der Waals surface area contributed by atoms with Gasteiger partial charge in [-0.2, -0.15) is 5.10 Å². The third kappa shape index (κ3) is 3.42. The number of hydrogen-bond donors (Lipinski definition) is 1. The van der Waals surface area contributed by atoms with Gasteiger partial charge in [0, 0.05) is 18.3 Å². The lowest BCUT2D eigenvalue weighted by molar-refractivity contribution is 0.660. The first-order chi connectivity index (χ1) is 6.36. The molecule has 0 amide bonds. The summed E-state index contributed by atoms with van der Waals surface area (Å²) in [6, 6.07) is 0.